The fraction of sp³-hybridized carbons (Fsp3) is 0.150. The molecule has 6 heteroatoms. The SMILES string of the molecule is CC(NC(=O)Nc1ccc(Cn2ccccc2=O)cc1)c1ccccn1. The van der Waals surface area contributed by atoms with Gasteiger partial charge in [-0.25, -0.2) is 4.79 Å². The molecule has 26 heavy (non-hydrogen) atoms. The van der Waals surface area contributed by atoms with Crippen molar-refractivity contribution in [2.75, 3.05) is 5.32 Å². The van der Waals surface area contributed by atoms with Crippen molar-refractivity contribution in [2.24, 2.45) is 0 Å². The zero-order chi connectivity index (χ0) is 18.4. The van der Waals surface area contributed by atoms with Gasteiger partial charge in [-0.05, 0) is 42.8 Å². The molecule has 1 unspecified atom stereocenters. The molecular formula is C20H20N4O2. The van der Waals surface area contributed by atoms with Crippen LogP contribution in [0.5, 0.6) is 0 Å². The lowest BCUT2D eigenvalue weighted by Crippen LogP contribution is -2.31. The van der Waals surface area contributed by atoms with Crippen LogP contribution in [0, 0.1) is 0 Å². The molecule has 0 saturated carbocycles. The average Bonchev–Trinajstić information content (AvgIpc) is 2.66. The van der Waals surface area contributed by atoms with E-state index in [0.29, 0.717) is 12.2 Å². The standard InChI is InChI=1S/C20H20N4O2/c1-15(18-6-2-4-12-21-18)22-20(26)23-17-10-8-16(9-11-17)14-24-13-5-3-7-19(24)25/h2-13,15H,14H2,1H3,(H2,22,23,26). The third-order valence-electron chi connectivity index (χ3n) is 3.94. The monoisotopic (exact) mass is 348 g/mol. The highest BCUT2D eigenvalue weighted by Crippen LogP contribution is 2.12. The van der Waals surface area contributed by atoms with E-state index in [4.69, 9.17) is 0 Å². The van der Waals surface area contributed by atoms with Crippen molar-refractivity contribution in [3.05, 3.63) is 94.7 Å². The zero-order valence-electron chi connectivity index (χ0n) is 14.4. The summed E-state index contributed by atoms with van der Waals surface area (Å²) in [6.07, 6.45) is 3.45. The van der Waals surface area contributed by atoms with Crippen LogP contribution in [0.15, 0.2) is 77.9 Å². The molecule has 2 N–H and O–H groups in total. The lowest BCUT2D eigenvalue weighted by molar-refractivity contribution is 0.249. The van der Waals surface area contributed by atoms with Crippen LogP contribution in [0.2, 0.25) is 0 Å². The Labute approximate surface area is 151 Å². The number of hydrogen-bond donors (Lipinski definition) is 2. The Bertz CT molecular complexity index is 920. The van der Waals surface area contributed by atoms with Crippen molar-refractivity contribution in [1.29, 1.82) is 0 Å². The maximum Gasteiger partial charge on any atom is 0.319 e. The molecule has 2 aromatic heterocycles. The van der Waals surface area contributed by atoms with E-state index in [0.717, 1.165) is 11.3 Å². The van der Waals surface area contributed by atoms with Crippen molar-refractivity contribution in [3.8, 4) is 0 Å². The lowest BCUT2D eigenvalue weighted by Gasteiger charge is -2.14. The second-order valence-corrected chi connectivity index (χ2v) is 5.94. The van der Waals surface area contributed by atoms with Crippen LogP contribution in [-0.2, 0) is 6.54 Å². The maximum atomic E-state index is 12.1. The van der Waals surface area contributed by atoms with E-state index in [2.05, 4.69) is 15.6 Å². The Morgan fingerprint density at radius 3 is 2.54 bits per heavy atom. The van der Waals surface area contributed by atoms with Crippen molar-refractivity contribution >= 4 is 11.7 Å². The van der Waals surface area contributed by atoms with Crippen molar-refractivity contribution in [3.63, 3.8) is 0 Å². The van der Waals surface area contributed by atoms with Crippen LogP contribution in [0.25, 0.3) is 0 Å². The number of aromatic nitrogens is 2. The lowest BCUT2D eigenvalue weighted by atomic mass is 10.2. The quantitative estimate of drug-likeness (QED) is 0.743. The second-order valence-electron chi connectivity index (χ2n) is 5.94. The normalized spacial score (nSPS) is 11.6. The first-order valence-corrected chi connectivity index (χ1v) is 8.35. The number of anilines is 1. The van der Waals surface area contributed by atoms with Gasteiger partial charge in [0.2, 0.25) is 0 Å². The number of nitrogens with one attached hydrogen (secondary N) is 2. The fourth-order valence-electron chi connectivity index (χ4n) is 2.55. The van der Waals surface area contributed by atoms with E-state index in [1.54, 1.807) is 23.0 Å². The first-order valence-electron chi connectivity index (χ1n) is 8.35. The third-order valence-corrected chi connectivity index (χ3v) is 3.94. The topological polar surface area (TPSA) is 76.0 Å². The van der Waals surface area contributed by atoms with Crippen LogP contribution in [-0.4, -0.2) is 15.6 Å². The average molecular weight is 348 g/mol. The largest absolute Gasteiger partial charge is 0.330 e. The molecule has 0 aliphatic carbocycles. The number of nitrogens with zero attached hydrogens (tertiary/aromatic N) is 2. The van der Waals surface area contributed by atoms with Gasteiger partial charge in [0.05, 0.1) is 18.3 Å². The molecule has 3 rings (SSSR count). The number of carbonyl (C=O) groups is 1. The van der Waals surface area contributed by atoms with Gasteiger partial charge < -0.3 is 15.2 Å². The number of benzene rings is 1. The Kier molecular flexibility index (Phi) is 5.43. The molecule has 0 radical (unpaired) electrons. The molecule has 1 atom stereocenters. The van der Waals surface area contributed by atoms with Crippen LogP contribution in [0.3, 0.4) is 0 Å². The maximum absolute atomic E-state index is 12.1. The number of amides is 2. The number of hydrogen-bond acceptors (Lipinski definition) is 3. The predicted molar refractivity (Wildman–Crippen MR) is 101 cm³/mol. The van der Waals surface area contributed by atoms with E-state index >= 15 is 0 Å². The van der Waals surface area contributed by atoms with Gasteiger partial charge in [-0.15, -0.1) is 0 Å². The van der Waals surface area contributed by atoms with E-state index in [9.17, 15) is 9.59 Å². The highest BCUT2D eigenvalue weighted by atomic mass is 16.2. The van der Waals surface area contributed by atoms with Crippen molar-refractivity contribution < 1.29 is 4.79 Å². The molecule has 1 aromatic carbocycles. The molecule has 132 valence electrons. The minimum Gasteiger partial charge on any atom is -0.330 e. The van der Waals surface area contributed by atoms with E-state index < -0.39 is 0 Å². The van der Waals surface area contributed by atoms with Gasteiger partial charge in [-0.3, -0.25) is 9.78 Å². The van der Waals surface area contributed by atoms with Gasteiger partial charge >= 0.3 is 6.03 Å². The Morgan fingerprint density at radius 2 is 1.85 bits per heavy atom. The minimum atomic E-state index is -0.296. The van der Waals surface area contributed by atoms with E-state index in [1.807, 2.05) is 55.5 Å². The molecule has 2 heterocycles. The summed E-state index contributed by atoms with van der Waals surface area (Å²) in [6.45, 7) is 2.37. The summed E-state index contributed by atoms with van der Waals surface area (Å²) >= 11 is 0. The van der Waals surface area contributed by atoms with Crippen LogP contribution < -0.4 is 16.2 Å². The second kappa shape index (κ2) is 8.11. The molecule has 3 aromatic rings. The summed E-state index contributed by atoms with van der Waals surface area (Å²) in [7, 11) is 0. The Balaban J connectivity index is 1.58. The number of carbonyl (C=O) groups excluding carboxylic acids is 1. The molecule has 0 aliphatic heterocycles. The van der Waals surface area contributed by atoms with Gasteiger partial charge in [0.25, 0.3) is 5.56 Å². The summed E-state index contributed by atoms with van der Waals surface area (Å²) < 4.78 is 1.63. The Hall–Kier alpha value is -3.41. The number of urea groups is 1. The van der Waals surface area contributed by atoms with Gasteiger partial charge in [0.15, 0.2) is 0 Å². The van der Waals surface area contributed by atoms with Crippen LogP contribution in [0.1, 0.15) is 24.2 Å². The fourth-order valence-corrected chi connectivity index (χ4v) is 2.55. The number of rotatable bonds is 5. The van der Waals surface area contributed by atoms with E-state index in [1.165, 1.54) is 6.07 Å². The predicted octanol–water partition coefficient (Wildman–Crippen LogP) is 3.17. The Morgan fingerprint density at radius 1 is 1.08 bits per heavy atom. The molecule has 0 saturated heterocycles. The van der Waals surface area contributed by atoms with Crippen molar-refractivity contribution in [2.45, 2.75) is 19.5 Å². The summed E-state index contributed by atoms with van der Waals surface area (Å²) in [6, 6.07) is 17.6. The number of pyridine rings is 2. The van der Waals surface area contributed by atoms with Crippen molar-refractivity contribution in [1.82, 2.24) is 14.9 Å². The van der Waals surface area contributed by atoms with Gasteiger partial charge in [0.1, 0.15) is 0 Å². The van der Waals surface area contributed by atoms with Gasteiger partial charge in [-0.1, -0.05) is 24.3 Å². The molecule has 2 amide bonds. The van der Waals surface area contributed by atoms with Gasteiger partial charge in [-0.2, -0.15) is 0 Å². The highest BCUT2D eigenvalue weighted by molar-refractivity contribution is 5.89. The van der Waals surface area contributed by atoms with Crippen LogP contribution >= 0.6 is 0 Å². The molecule has 0 bridgehead atoms. The highest BCUT2D eigenvalue weighted by Gasteiger charge is 2.10. The summed E-state index contributed by atoms with van der Waals surface area (Å²) in [4.78, 5) is 28.1. The first-order chi connectivity index (χ1) is 12.6. The molecule has 6 nitrogen and oxygen atoms in total. The zero-order valence-corrected chi connectivity index (χ0v) is 14.4. The summed E-state index contributed by atoms with van der Waals surface area (Å²) in [5.74, 6) is 0. The van der Waals surface area contributed by atoms with Gasteiger partial charge in [0, 0.05) is 24.1 Å². The molecule has 0 fully saturated rings. The minimum absolute atomic E-state index is 0.0439. The first kappa shape index (κ1) is 17.4. The smallest absolute Gasteiger partial charge is 0.319 e. The third kappa shape index (κ3) is 4.57. The van der Waals surface area contributed by atoms with E-state index in [-0.39, 0.29) is 17.6 Å². The molecular weight excluding hydrogens is 328 g/mol. The molecule has 0 aliphatic rings. The van der Waals surface area contributed by atoms with Crippen LogP contribution in [0.4, 0.5) is 10.5 Å². The molecule has 0 spiro atoms. The summed E-state index contributed by atoms with van der Waals surface area (Å²) in [5, 5.41) is 5.65. The summed E-state index contributed by atoms with van der Waals surface area (Å²) in [5.41, 5.74) is 2.41.